The first kappa shape index (κ1) is 22.6. The van der Waals surface area contributed by atoms with Gasteiger partial charge in [0.05, 0.1) is 13.2 Å². The lowest BCUT2D eigenvalue weighted by atomic mass is 9.95. The minimum atomic E-state index is 0.126. The van der Waals surface area contributed by atoms with Gasteiger partial charge in [0.15, 0.2) is 0 Å². The SMILES string of the molecule is CCOc1ccc(CN(C)C(=O)CN2CCC(C(=O)N3CCCCCC3)CC2)cc1. The van der Waals surface area contributed by atoms with Crippen LogP contribution in [0.1, 0.15) is 51.0 Å². The Morgan fingerprint density at radius 3 is 2.23 bits per heavy atom. The number of nitrogens with zero attached hydrogens (tertiary/aromatic N) is 3. The van der Waals surface area contributed by atoms with E-state index in [4.69, 9.17) is 4.74 Å². The van der Waals surface area contributed by atoms with Gasteiger partial charge in [-0.3, -0.25) is 14.5 Å². The van der Waals surface area contributed by atoms with E-state index in [2.05, 4.69) is 9.80 Å². The highest BCUT2D eigenvalue weighted by atomic mass is 16.5. The van der Waals surface area contributed by atoms with Gasteiger partial charge in [-0.25, -0.2) is 0 Å². The smallest absolute Gasteiger partial charge is 0.236 e. The predicted molar refractivity (Wildman–Crippen MR) is 118 cm³/mol. The first-order chi connectivity index (χ1) is 14.6. The highest BCUT2D eigenvalue weighted by Gasteiger charge is 2.29. The van der Waals surface area contributed by atoms with E-state index in [9.17, 15) is 9.59 Å². The van der Waals surface area contributed by atoms with Gasteiger partial charge in [0.1, 0.15) is 5.75 Å². The number of likely N-dealkylation sites (tertiary alicyclic amines) is 2. The second-order valence-electron chi connectivity index (χ2n) is 8.62. The first-order valence-electron chi connectivity index (χ1n) is 11.5. The molecule has 6 nitrogen and oxygen atoms in total. The monoisotopic (exact) mass is 415 g/mol. The number of likely N-dealkylation sites (N-methyl/N-ethyl adjacent to an activating group) is 1. The molecule has 0 atom stereocenters. The van der Waals surface area contributed by atoms with Crippen LogP contribution in [0.3, 0.4) is 0 Å². The molecule has 2 aliphatic heterocycles. The summed E-state index contributed by atoms with van der Waals surface area (Å²) in [6.45, 7) is 7.14. The number of carbonyl (C=O) groups excluding carboxylic acids is 2. The van der Waals surface area contributed by atoms with Gasteiger partial charge < -0.3 is 14.5 Å². The third-order valence-corrected chi connectivity index (χ3v) is 6.29. The van der Waals surface area contributed by atoms with Crippen molar-refractivity contribution < 1.29 is 14.3 Å². The Morgan fingerprint density at radius 2 is 1.63 bits per heavy atom. The second-order valence-corrected chi connectivity index (χ2v) is 8.62. The van der Waals surface area contributed by atoms with Gasteiger partial charge in [-0.05, 0) is 63.4 Å². The molecule has 1 aromatic rings. The summed E-state index contributed by atoms with van der Waals surface area (Å²) in [7, 11) is 1.86. The number of piperidine rings is 1. The van der Waals surface area contributed by atoms with Crippen molar-refractivity contribution in [1.82, 2.24) is 14.7 Å². The summed E-state index contributed by atoms with van der Waals surface area (Å²) in [6.07, 6.45) is 6.50. The first-order valence-corrected chi connectivity index (χ1v) is 11.5. The van der Waals surface area contributed by atoms with Gasteiger partial charge in [-0.15, -0.1) is 0 Å². The number of rotatable bonds is 7. The lowest BCUT2D eigenvalue weighted by Crippen LogP contribution is -2.45. The molecule has 0 saturated carbocycles. The third kappa shape index (κ3) is 6.46. The van der Waals surface area contributed by atoms with Crippen molar-refractivity contribution in [2.45, 2.75) is 52.0 Å². The molecule has 166 valence electrons. The Morgan fingerprint density at radius 1 is 1.00 bits per heavy atom. The maximum absolute atomic E-state index is 12.8. The van der Waals surface area contributed by atoms with Crippen molar-refractivity contribution in [2.24, 2.45) is 5.92 Å². The highest BCUT2D eigenvalue weighted by Crippen LogP contribution is 2.22. The maximum Gasteiger partial charge on any atom is 0.236 e. The standard InChI is InChI=1S/C24H37N3O3/c1-3-30-22-10-8-20(9-11-22)18-25(2)23(28)19-26-16-12-21(13-17-26)24(29)27-14-6-4-5-7-15-27/h8-11,21H,3-7,12-19H2,1-2H3. The number of ether oxygens (including phenoxy) is 1. The number of benzene rings is 1. The highest BCUT2D eigenvalue weighted by molar-refractivity contribution is 5.79. The molecule has 1 aromatic carbocycles. The van der Waals surface area contributed by atoms with Crippen molar-refractivity contribution in [3.05, 3.63) is 29.8 Å². The Balaban J connectivity index is 1.41. The van der Waals surface area contributed by atoms with E-state index < -0.39 is 0 Å². The maximum atomic E-state index is 12.8. The van der Waals surface area contributed by atoms with Crippen LogP contribution in [0.2, 0.25) is 0 Å². The molecule has 0 bridgehead atoms. The Hall–Kier alpha value is -2.08. The minimum absolute atomic E-state index is 0.126. The fraction of sp³-hybridized carbons (Fsp3) is 0.667. The van der Waals surface area contributed by atoms with E-state index in [0.717, 1.165) is 63.2 Å². The van der Waals surface area contributed by atoms with Crippen LogP contribution in [0, 0.1) is 5.92 Å². The topological polar surface area (TPSA) is 53.1 Å². The Labute approximate surface area is 181 Å². The van der Waals surface area contributed by atoms with Gasteiger partial charge >= 0.3 is 0 Å². The zero-order valence-corrected chi connectivity index (χ0v) is 18.6. The molecular formula is C24H37N3O3. The van der Waals surface area contributed by atoms with Gasteiger partial charge in [0.25, 0.3) is 0 Å². The van der Waals surface area contributed by atoms with Crippen LogP contribution in [0.15, 0.2) is 24.3 Å². The largest absolute Gasteiger partial charge is 0.494 e. The van der Waals surface area contributed by atoms with E-state index in [1.165, 1.54) is 12.8 Å². The summed E-state index contributed by atoms with van der Waals surface area (Å²) in [5.41, 5.74) is 1.09. The van der Waals surface area contributed by atoms with Crippen LogP contribution < -0.4 is 4.74 Å². The molecule has 0 aromatic heterocycles. The zero-order chi connectivity index (χ0) is 21.3. The van der Waals surface area contributed by atoms with Crippen LogP contribution in [-0.4, -0.2) is 72.9 Å². The van der Waals surface area contributed by atoms with Crippen LogP contribution in [0.4, 0.5) is 0 Å². The van der Waals surface area contributed by atoms with Crippen molar-refractivity contribution in [3.63, 3.8) is 0 Å². The summed E-state index contributed by atoms with van der Waals surface area (Å²) in [6, 6.07) is 7.91. The Kier molecular flexibility index (Phi) is 8.55. The molecule has 2 saturated heterocycles. The molecule has 3 rings (SSSR count). The Bertz CT molecular complexity index is 675. The summed E-state index contributed by atoms with van der Waals surface area (Å²) >= 11 is 0. The van der Waals surface area contributed by atoms with Crippen LogP contribution >= 0.6 is 0 Å². The predicted octanol–water partition coefficient (Wildman–Crippen LogP) is 3.16. The number of amides is 2. The van der Waals surface area contributed by atoms with Gasteiger partial charge in [0.2, 0.25) is 11.8 Å². The van der Waals surface area contributed by atoms with Crippen LogP contribution in [0.5, 0.6) is 5.75 Å². The fourth-order valence-corrected chi connectivity index (χ4v) is 4.42. The molecular weight excluding hydrogens is 378 g/mol. The van der Waals surface area contributed by atoms with Crippen LogP contribution in [0.25, 0.3) is 0 Å². The summed E-state index contributed by atoms with van der Waals surface area (Å²) < 4.78 is 5.47. The van der Waals surface area contributed by atoms with Gasteiger partial charge in [-0.1, -0.05) is 25.0 Å². The molecule has 0 unspecified atom stereocenters. The van der Waals surface area contributed by atoms with E-state index in [1.54, 1.807) is 4.90 Å². The number of carbonyl (C=O) groups is 2. The van der Waals surface area contributed by atoms with E-state index in [-0.39, 0.29) is 11.8 Å². The molecule has 2 amide bonds. The molecule has 6 heteroatoms. The quantitative estimate of drug-likeness (QED) is 0.686. The van der Waals surface area contributed by atoms with Crippen molar-refractivity contribution >= 4 is 11.8 Å². The number of hydrogen-bond donors (Lipinski definition) is 0. The lowest BCUT2D eigenvalue weighted by Gasteiger charge is -2.34. The zero-order valence-electron chi connectivity index (χ0n) is 18.6. The van der Waals surface area contributed by atoms with E-state index >= 15 is 0 Å². The van der Waals surface area contributed by atoms with Crippen molar-refractivity contribution in [3.8, 4) is 5.75 Å². The number of hydrogen-bond acceptors (Lipinski definition) is 4. The molecule has 2 heterocycles. The average molecular weight is 416 g/mol. The second kappa shape index (κ2) is 11.3. The molecule has 0 spiro atoms. The average Bonchev–Trinajstić information content (AvgIpc) is 3.05. The molecule has 0 radical (unpaired) electrons. The summed E-state index contributed by atoms with van der Waals surface area (Å²) in [5.74, 6) is 1.46. The van der Waals surface area contributed by atoms with Gasteiger partial charge in [0, 0.05) is 32.6 Å². The minimum Gasteiger partial charge on any atom is -0.494 e. The summed E-state index contributed by atoms with van der Waals surface area (Å²) in [5, 5.41) is 0. The molecule has 0 aliphatic carbocycles. The normalized spacial score (nSPS) is 18.7. The van der Waals surface area contributed by atoms with Crippen molar-refractivity contribution in [2.75, 3.05) is 46.4 Å². The van der Waals surface area contributed by atoms with Crippen LogP contribution in [-0.2, 0) is 16.1 Å². The molecule has 30 heavy (non-hydrogen) atoms. The molecule has 0 N–H and O–H groups in total. The summed E-state index contributed by atoms with van der Waals surface area (Å²) in [4.78, 5) is 31.6. The van der Waals surface area contributed by atoms with E-state index in [1.807, 2.05) is 38.2 Å². The molecule has 2 fully saturated rings. The van der Waals surface area contributed by atoms with Gasteiger partial charge in [-0.2, -0.15) is 0 Å². The van der Waals surface area contributed by atoms with E-state index in [0.29, 0.717) is 25.6 Å². The lowest BCUT2D eigenvalue weighted by molar-refractivity contribution is -0.137. The third-order valence-electron chi connectivity index (χ3n) is 6.29. The molecule has 2 aliphatic rings. The van der Waals surface area contributed by atoms with Crippen molar-refractivity contribution in [1.29, 1.82) is 0 Å². The fourth-order valence-electron chi connectivity index (χ4n) is 4.42.